The molecule has 4 aromatic rings. The third-order valence-corrected chi connectivity index (χ3v) is 6.54. The van der Waals surface area contributed by atoms with Crippen molar-refractivity contribution in [1.82, 2.24) is 9.88 Å². The number of halogens is 1. The molecule has 6 heteroatoms. The molecular formula is C26H22FN3O2. The number of nitrogens with zero attached hydrogens (tertiary/aromatic N) is 2. The topological polar surface area (TPSA) is 48.6 Å². The first-order valence-corrected chi connectivity index (χ1v) is 10.7. The number of aryl methyl sites for hydroxylation is 1. The van der Waals surface area contributed by atoms with Crippen LogP contribution in [0.25, 0.3) is 10.9 Å². The summed E-state index contributed by atoms with van der Waals surface area (Å²) in [6.45, 7) is 2.56. The quantitative estimate of drug-likeness (QED) is 0.461. The van der Waals surface area contributed by atoms with Gasteiger partial charge in [-0.25, -0.2) is 4.39 Å². The second kappa shape index (κ2) is 6.85. The number of fused-ring (bicyclic) bond motifs is 6. The summed E-state index contributed by atoms with van der Waals surface area (Å²) in [6.07, 6.45) is 0.352. The fourth-order valence-electron chi connectivity index (χ4n) is 5.08. The highest BCUT2D eigenvalue weighted by atomic mass is 19.1. The van der Waals surface area contributed by atoms with Crippen molar-refractivity contribution in [2.24, 2.45) is 0 Å². The molecular weight excluding hydrogens is 405 g/mol. The lowest BCUT2D eigenvalue weighted by Crippen LogP contribution is -2.50. The first kappa shape index (κ1) is 18.9. The number of ether oxygens (including phenoxy) is 1. The van der Waals surface area contributed by atoms with Gasteiger partial charge >= 0.3 is 0 Å². The Balaban J connectivity index is 1.62. The van der Waals surface area contributed by atoms with Gasteiger partial charge in [0.2, 0.25) is 0 Å². The zero-order valence-corrected chi connectivity index (χ0v) is 17.9. The first-order chi connectivity index (χ1) is 15.5. The number of H-pyrrole nitrogens is 1. The van der Waals surface area contributed by atoms with Crippen LogP contribution in [0.4, 0.5) is 15.8 Å². The van der Waals surface area contributed by atoms with Gasteiger partial charge in [-0.3, -0.25) is 4.79 Å². The molecule has 6 rings (SSSR count). The third-order valence-electron chi connectivity index (χ3n) is 6.54. The number of aromatic nitrogens is 1. The van der Waals surface area contributed by atoms with Crippen molar-refractivity contribution in [3.8, 4) is 5.75 Å². The maximum atomic E-state index is 14.3. The lowest BCUT2D eigenvalue weighted by Gasteiger charge is -2.47. The van der Waals surface area contributed by atoms with Gasteiger partial charge in [-0.15, -0.1) is 0 Å². The molecule has 1 aromatic heterocycles. The van der Waals surface area contributed by atoms with Crippen LogP contribution in [0.3, 0.4) is 0 Å². The van der Waals surface area contributed by atoms with Gasteiger partial charge in [0.05, 0.1) is 24.1 Å². The number of hydrogen-bond acceptors (Lipinski definition) is 3. The second-order valence-electron chi connectivity index (χ2n) is 8.42. The number of nitrogens with one attached hydrogen (secondary N) is 1. The zero-order chi connectivity index (χ0) is 22.0. The van der Waals surface area contributed by atoms with Gasteiger partial charge in [0.25, 0.3) is 5.91 Å². The Morgan fingerprint density at radius 2 is 1.97 bits per heavy atom. The zero-order valence-electron chi connectivity index (χ0n) is 17.9. The molecule has 2 aliphatic heterocycles. The summed E-state index contributed by atoms with van der Waals surface area (Å²) in [6, 6.07) is 18.4. The van der Waals surface area contributed by atoms with Crippen LogP contribution in [-0.2, 0) is 6.42 Å². The van der Waals surface area contributed by atoms with Crippen LogP contribution < -0.4 is 9.64 Å². The Morgan fingerprint density at radius 3 is 2.78 bits per heavy atom. The number of benzene rings is 3. The van der Waals surface area contributed by atoms with E-state index in [4.69, 9.17) is 4.74 Å². The van der Waals surface area contributed by atoms with E-state index in [9.17, 15) is 9.18 Å². The van der Waals surface area contributed by atoms with Crippen molar-refractivity contribution in [3.63, 3.8) is 0 Å². The minimum atomic E-state index is -0.387. The summed E-state index contributed by atoms with van der Waals surface area (Å²) >= 11 is 0. The van der Waals surface area contributed by atoms with Crippen molar-refractivity contribution < 1.29 is 13.9 Å². The maximum absolute atomic E-state index is 14.3. The second-order valence-corrected chi connectivity index (χ2v) is 8.42. The summed E-state index contributed by atoms with van der Waals surface area (Å²) < 4.78 is 19.7. The summed E-state index contributed by atoms with van der Waals surface area (Å²) in [4.78, 5) is 21.1. The molecule has 160 valence electrons. The van der Waals surface area contributed by atoms with E-state index in [2.05, 4.69) is 9.88 Å². The van der Waals surface area contributed by atoms with Crippen LogP contribution in [0.5, 0.6) is 5.75 Å². The van der Waals surface area contributed by atoms with Gasteiger partial charge in [-0.05, 0) is 67.4 Å². The van der Waals surface area contributed by atoms with Crippen LogP contribution in [0.15, 0.2) is 60.7 Å². The van der Waals surface area contributed by atoms with Crippen LogP contribution in [0.2, 0.25) is 0 Å². The van der Waals surface area contributed by atoms with Crippen LogP contribution in [0, 0.1) is 12.7 Å². The number of anilines is 2. The number of carbonyl (C=O) groups is 1. The lowest BCUT2D eigenvalue weighted by atomic mass is 9.94. The molecule has 2 aliphatic rings. The smallest absolute Gasteiger partial charge is 0.257 e. The van der Waals surface area contributed by atoms with Crippen molar-refractivity contribution >= 4 is 28.2 Å². The number of carbonyl (C=O) groups excluding carboxylic acids is 1. The largest absolute Gasteiger partial charge is 0.497 e. The monoisotopic (exact) mass is 427 g/mol. The SMILES string of the molecule is COc1ccc2[nH]c3c(c2c1)CCN1C(=O)c2cc(C)ccc2N(c2cccc(F)c2)C31. The molecule has 1 unspecified atom stereocenters. The molecule has 0 saturated carbocycles. The van der Waals surface area contributed by atoms with Gasteiger partial charge in [0.1, 0.15) is 11.6 Å². The summed E-state index contributed by atoms with van der Waals surface area (Å²) in [5, 5.41) is 1.10. The fourth-order valence-corrected chi connectivity index (χ4v) is 5.08. The first-order valence-electron chi connectivity index (χ1n) is 10.7. The molecule has 0 saturated heterocycles. The molecule has 0 bridgehead atoms. The Bertz CT molecular complexity index is 1390. The van der Waals surface area contributed by atoms with E-state index >= 15 is 0 Å². The number of hydrogen-bond donors (Lipinski definition) is 1. The molecule has 0 spiro atoms. The Labute approximate surface area is 185 Å². The van der Waals surface area contributed by atoms with E-state index in [0.717, 1.165) is 40.0 Å². The molecule has 1 amide bonds. The van der Waals surface area contributed by atoms with Crippen LogP contribution in [-0.4, -0.2) is 29.4 Å². The van der Waals surface area contributed by atoms with Crippen molar-refractivity contribution in [1.29, 1.82) is 0 Å². The molecule has 0 fully saturated rings. The molecule has 3 heterocycles. The van der Waals surface area contributed by atoms with Crippen molar-refractivity contribution in [2.45, 2.75) is 19.5 Å². The Kier molecular flexibility index (Phi) is 4.05. The number of methoxy groups -OCH3 is 1. The molecule has 0 aliphatic carbocycles. The molecule has 1 N–H and O–H groups in total. The van der Waals surface area contributed by atoms with Gasteiger partial charge in [-0.2, -0.15) is 0 Å². The predicted octanol–water partition coefficient (Wildman–Crippen LogP) is 5.47. The van der Waals surface area contributed by atoms with Crippen LogP contribution in [0.1, 0.15) is 33.3 Å². The van der Waals surface area contributed by atoms with E-state index in [1.165, 1.54) is 17.7 Å². The normalized spacial score (nSPS) is 17.2. The van der Waals surface area contributed by atoms with E-state index in [1.807, 2.05) is 54.3 Å². The van der Waals surface area contributed by atoms with E-state index in [0.29, 0.717) is 17.8 Å². The highest BCUT2D eigenvalue weighted by molar-refractivity contribution is 6.04. The predicted molar refractivity (Wildman–Crippen MR) is 122 cm³/mol. The molecule has 0 radical (unpaired) electrons. The standard InChI is InChI=1S/C26H22FN3O2/c1-15-6-9-23-21(12-15)26(31)29-11-10-19-20-14-18(32-2)7-8-22(20)28-24(19)25(29)30(23)17-5-3-4-16(27)13-17/h3-9,12-14,25,28H,10-11H2,1-2H3. The van der Waals surface area contributed by atoms with Gasteiger partial charge < -0.3 is 19.5 Å². The van der Waals surface area contributed by atoms with Gasteiger partial charge in [0, 0.05) is 23.1 Å². The Morgan fingerprint density at radius 1 is 1.09 bits per heavy atom. The van der Waals surface area contributed by atoms with Crippen molar-refractivity contribution in [3.05, 3.63) is 88.9 Å². The number of amides is 1. The molecule has 5 nitrogen and oxygen atoms in total. The highest BCUT2D eigenvalue weighted by Gasteiger charge is 2.43. The lowest BCUT2D eigenvalue weighted by molar-refractivity contribution is 0.0642. The van der Waals surface area contributed by atoms with Gasteiger partial charge in [0.15, 0.2) is 6.17 Å². The van der Waals surface area contributed by atoms with Gasteiger partial charge in [-0.1, -0.05) is 17.7 Å². The van der Waals surface area contributed by atoms with E-state index < -0.39 is 0 Å². The number of aromatic amines is 1. The third kappa shape index (κ3) is 2.65. The van der Waals surface area contributed by atoms with Crippen molar-refractivity contribution in [2.75, 3.05) is 18.6 Å². The number of rotatable bonds is 2. The maximum Gasteiger partial charge on any atom is 0.257 e. The van der Waals surface area contributed by atoms with Crippen LogP contribution >= 0.6 is 0 Å². The molecule has 1 atom stereocenters. The molecule has 32 heavy (non-hydrogen) atoms. The molecule has 3 aromatic carbocycles. The average Bonchev–Trinajstić information content (AvgIpc) is 3.17. The fraction of sp³-hybridized carbons (Fsp3) is 0.192. The summed E-state index contributed by atoms with van der Waals surface area (Å²) in [7, 11) is 1.66. The minimum absolute atomic E-state index is 0.00300. The summed E-state index contributed by atoms with van der Waals surface area (Å²) in [5.41, 5.74) is 6.29. The van der Waals surface area contributed by atoms with E-state index in [-0.39, 0.29) is 17.9 Å². The van der Waals surface area contributed by atoms with E-state index in [1.54, 1.807) is 13.2 Å². The highest BCUT2D eigenvalue weighted by Crippen LogP contribution is 2.47. The Hall–Kier alpha value is -3.80. The minimum Gasteiger partial charge on any atom is -0.497 e. The summed E-state index contributed by atoms with van der Waals surface area (Å²) in [5.74, 6) is 0.490. The average molecular weight is 427 g/mol.